The molecule has 0 saturated heterocycles. The van der Waals surface area contributed by atoms with E-state index < -0.39 is 0 Å². The summed E-state index contributed by atoms with van der Waals surface area (Å²) in [5, 5.41) is 4.69. The molecule has 0 radical (unpaired) electrons. The SMILES string of the molecule is c1ccc(-c2ccc(N(c3ccc(-c4ccc5cc(-c6ccccc6)ccc5c4)cc3)c3ccc4c(c3)oc3cc(-c5ccccc5)ccc34)cc2)cc1. The number of benzene rings is 9. The van der Waals surface area contributed by atoms with Crippen LogP contribution in [0.15, 0.2) is 217 Å². The van der Waals surface area contributed by atoms with Crippen molar-refractivity contribution in [3.05, 3.63) is 212 Å². The van der Waals surface area contributed by atoms with Crippen molar-refractivity contribution in [1.29, 1.82) is 0 Å². The van der Waals surface area contributed by atoms with E-state index in [-0.39, 0.29) is 0 Å². The number of furan rings is 1. The molecule has 9 aromatic carbocycles. The predicted molar refractivity (Wildman–Crippen MR) is 228 cm³/mol. The maximum atomic E-state index is 6.57. The topological polar surface area (TPSA) is 16.4 Å². The zero-order valence-corrected chi connectivity index (χ0v) is 29.6. The molecule has 0 spiro atoms. The maximum Gasteiger partial charge on any atom is 0.137 e. The van der Waals surface area contributed by atoms with Crippen LogP contribution in [0.2, 0.25) is 0 Å². The van der Waals surface area contributed by atoms with Crippen LogP contribution in [0, 0.1) is 0 Å². The molecule has 254 valence electrons. The quantitative estimate of drug-likeness (QED) is 0.166. The van der Waals surface area contributed by atoms with Crippen molar-refractivity contribution in [2.75, 3.05) is 4.90 Å². The van der Waals surface area contributed by atoms with Crippen LogP contribution in [0.4, 0.5) is 17.1 Å². The molecule has 1 aromatic heterocycles. The van der Waals surface area contributed by atoms with E-state index in [2.05, 4.69) is 211 Å². The molecule has 10 aromatic rings. The Labute approximate surface area is 314 Å². The lowest BCUT2D eigenvalue weighted by Crippen LogP contribution is -2.09. The minimum absolute atomic E-state index is 0.863. The third-order valence-corrected chi connectivity index (χ3v) is 10.5. The first kappa shape index (κ1) is 31.6. The molecule has 54 heavy (non-hydrogen) atoms. The molecule has 0 fully saturated rings. The molecule has 0 aliphatic carbocycles. The van der Waals surface area contributed by atoms with Gasteiger partial charge in [0.2, 0.25) is 0 Å². The Morgan fingerprint density at radius 2 is 0.611 bits per heavy atom. The van der Waals surface area contributed by atoms with Crippen molar-refractivity contribution in [2.45, 2.75) is 0 Å². The van der Waals surface area contributed by atoms with Crippen molar-refractivity contribution >= 4 is 49.8 Å². The minimum Gasteiger partial charge on any atom is -0.456 e. The van der Waals surface area contributed by atoms with E-state index in [9.17, 15) is 0 Å². The fraction of sp³-hybridized carbons (Fsp3) is 0. The van der Waals surface area contributed by atoms with Gasteiger partial charge in [-0.2, -0.15) is 0 Å². The summed E-state index contributed by atoms with van der Waals surface area (Å²) >= 11 is 0. The Kier molecular flexibility index (Phi) is 7.85. The molecule has 0 unspecified atom stereocenters. The lowest BCUT2D eigenvalue weighted by molar-refractivity contribution is 0.669. The van der Waals surface area contributed by atoms with Gasteiger partial charge in [0.05, 0.1) is 0 Å². The van der Waals surface area contributed by atoms with Gasteiger partial charge in [0.25, 0.3) is 0 Å². The number of fused-ring (bicyclic) bond motifs is 4. The average Bonchev–Trinajstić information content (AvgIpc) is 3.62. The van der Waals surface area contributed by atoms with Gasteiger partial charge in [-0.05, 0) is 116 Å². The van der Waals surface area contributed by atoms with Gasteiger partial charge in [-0.1, -0.05) is 146 Å². The number of hydrogen-bond donors (Lipinski definition) is 0. The fourth-order valence-electron chi connectivity index (χ4n) is 7.63. The molecule has 2 nitrogen and oxygen atoms in total. The van der Waals surface area contributed by atoms with Crippen molar-refractivity contribution in [3.63, 3.8) is 0 Å². The van der Waals surface area contributed by atoms with Crippen LogP contribution in [0.5, 0.6) is 0 Å². The van der Waals surface area contributed by atoms with Gasteiger partial charge in [0.1, 0.15) is 11.2 Å². The van der Waals surface area contributed by atoms with Crippen molar-refractivity contribution in [3.8, 4) is 44.5 Å². The molecular formula is C52H35NO. The van der Waals surface area contributed by atoms with Gasteiger partial charge >= 0.3 is 0 Å². The second-order valence-electron chi connectivity index (χ2n) is 13.8. The van der Waals surface area contributed by atoms with E-state index in [1.54, 1.807) is 0 Å². The van der Waals surface area contributed by atoms with Gasteiger partial charge < -0.3 is 9.32 Å². The molecule has 0 bridgehead atoms. The minimum atomic E-state index is 0.863. The highest BCUT2D eigenvalue weighted by Gasteiger charge is 2.17. The third kappa shape index (κ3) is 5.90. The molecule has 1 heterocycles. The van der Waals surface area contributed by atoms with E-state index in [0.717, 1.165) is 44.6 Å². The summed E-state index contributed by atoms with van der Waals surface area (Å²) in [5.74, 6) is 0. The molecule has 10 rings (SSSR count). The Balaban J connectivity index is 1.02. The van der Waals surface area contributed by atoms with E-state index in [1.807, 2.05) is 6.07 Å². The van der Waals surface area contributed by atoms with Crippen LogP contribution in [-0.2, 0) is 0 Å². The summed E-state index contributed by atoms with van der Waals surface area (Å²) in [5.41, 5.74) is 14.5. The smallest absolute Gasteiger partial charge is 0.137 e. The van der Waals surface area contributed by atoms with Crippen molar-refractivity contribution in [2.24, 2.45) is 0 Å². The van der Waals surface area contributed by atoms with E-state index in [0.29, 0.717) is 0 Å². The van der Waals surface area contributed by atoms with E-state index >= 15 is 0 Å². The van der Waals surface area contributed by atoms with Crippen LogP contribution in [0.1, 0.15) is 0 Å². The molecule has 0 N–H and O–H groups in total. The number of hydrogen-bond acceptors (Lipinski definition) is 2. The zero-order valence-electron chi connectivity index (χ0n) is 29.6. The van der Waals surface area contributed by atoms with Gasteiger partial charge in [0.15, 0.2) is 0 Å². The first-order chi connectivity index (χ1) is 26.7. The lowest BCUT2D eigenvalue weighted by Gasteiger charge is -2.26. The summed E-state index contributed by atoms with van der Waals surface area (Å²) in [6.45, 7) is 0. The average molecular weight is 690 g/mol. The zero-order chi connectivity index (χ0) is 35.8. The molecule has 0 amide bonds. The standard InChI is InChI=1S/C52H35NO/c1-4-10-36(11-5-1)39-20-25-46(26-21-39)53(48-29-31-50-49-30-24-45(38-14-8-3-9-15-38)34-51(49)54-52(50)35-48)47-27-22-40(23-28-47)42-17-19-43-32-41(16-18-44(43)33-42)37-12-6-2-7-13-37/h1-35H. The molecular weight excluding hydrogens is 655 g/mol. The second-order valence-corrected chi connectivity index (χ2v) is 13.8. The van der Waals surface area contributed by atoms with Gasteiger partial charge in [-0.15, -0.1) is 0 Å². The highest BCUT2D eigenvalue weighted by Crippen LogP contribution is 2.40. The van der Waals surface area contributed by atoms with E-state index in [4.69, 9.17) is 4.42 Å². The lowest BCUT2D eigenvalue weighted by atomic mass is 9.97. The Bertz CT molecular complexity index is 2890. The van der Waals surface area contributed by atoms with Crippen molar-refractivity contribution in [1.82, 2.24) is 0 Å². The van der Waals surface area contributed by atoms with Gasteiger partial charge in [-0.3, -0.25) is 0 Å². The number of anilines is 3. The van der Waals surface area contributed by atoms with Crippen LogP contribution >= 0.6 is 0 Å². The third-order valence-electron chi connectivity index (χ3n) is 10.5. The Hall–Kier alpha value is -7.16. The predicted octanol–water partition coefficient (Wildman–Crippen LogP) is 14.9. The van der Waals surface area contributed by atoms with Crippen molar-refractivity contribution < 1.29 is 4.42 Å². The van der Waals surface area contributed by atoms with E-state index in [1.165, 1.54) is 49.7 Å². The summed E-state index contributed by atoms with van der Waals surface area (Å²) in [4.78, 5) is 2.31. The monoisotopic (exact) mass is 689 g/mol. The molecule has 0 aliphatic rings. The highest BCUT2D eigenvalue weighted by atomic mass is 16.3. The first-order valence-electron chi connectivity index (χ1n) is 18.4. The van der Waals surface area contributed by atoms with Crippen LogP contribution in [0.25, 0.3) is 77.2 Å². The first-order valence-corrected chi connectivity index (χ1v) is 18.4. The molecule has 0 aliphatic heterocycles. The summed E-state index contributed by atoms with van der Waals surface area (Å²) < 4.78 is 6.57. The van der Waals surface area contributed by atoms with Gasteiger partial charge in [0, 0.05) is 33.9 Å². The largest absolute Gasteiger partial charge is 0.456 e. The Morgan fingerprint density at radius 1 is 0.259 bits per heavy atom. The number of rotatable bonds is 7. The normalized spacial score (nSPS) is 11.3. The van der Waals surface area contributed by atoms with Crippen LogP contribution < -0.4 is 4.90 Å². The summed E-state index contributed by atoms with van der Waals surface area (Å²) in [6.07, 6.45) is 0. The van der Waals surface area contributed by atoms with Gasteiger partial charge in [-0.25, -0.2) is 0 Å². The summed E-state index contributed by atoms with van der Waals surface area (Å²) in [7, 11) is 0. The number of nitrogens with zero attached hydrogens (tertiary/aromatic N) is 1. The molecule has 2 heteroatoms. The second kappa shape index (κ2) is 13.4. The summed E-state index contributed by atoms with van der Waals surface area (Å²) in [6, 6.07) is 75.8. The fourth-order valence-corrected chi connectivity index (χ4v) is 7.63. The highest BCUT2D eigenvalue weighted by molar-refractivity contribution is 6.07. The van der Waals surface area contributed by atoms with Crippen LogP contribution in [0.3, 0.4) is 0 Å². The Morgan fingerprint density at radius 3 is 1.13 bits per heavy atom. The van der Waals surface area contributed by atoms with Crippen LogP contribution in [-0.4, -0.2) is 0 Å². The molecule has 0 atom stereocenters. The molecule has 0 saturated carbocycles. The maximum absolute atomic E-state index is 6.57.